The van der Waals surface area contributed by atoms with Crippen molar-refractivity contribution in [1.82, 2.24) is 19.6 Å². The first-order valence-electron chi connectivity index (χ1n) is 11.7. The normalized spacial score (nSPS) is 17.4. The van der Waals surface area contributed by atoms with Gasteiger partial charge < -0.3 is 25.0 Å². The molecule has 8 nitrogen and oxygen atoms in total. The minimum Gasteiger partial charge on any atom is -0.494 e. The first kappa shape index (κ1) is 21.7. The van der Waals surface area contributed by atoms with Crippen LogP contribution in [0.25, 0.3) is 10.9 Å². The molecule has 0 atom stereocenters. The van der Waals surface area contributed by atoms with Crippen molar-refractivity contribution in [3.63, 3.8) is 0 Å². The van der Waals surface area contributed by atoms with E-state index in [1.54, 1.807) is 12.3 Å². The molecule has 3 aromatic rings. The van der Waals surface area contributed by atoms with Gasteiger partial charge in [-0.05, 0) is 56.6 Å². The van der Waals surface area contributed by atoms with Crippen molar-refractivity contribution in [3.8, 4) is 17.2 Å². The molecule has 1 aromatic heterocycles. The molecule has 1 amide bonds. The highest BCUT2D eigenvalue weighted by molar-refractivity contribution is 6.00. The van der Waals surface area contributed by atoms with Gasteiger partial charge in [0.1, 0.15) is 17.2 Å². The second-order valence-electron chi connectivity index (χ2n) is 9.01. The van der Waals surface area contributed by atoms with Crippen LogP contribution in [0.3, 0.4) is 0 Å². The van der Waals surface area contributed by atoms with Crippen LogP contribution >= 0.6 is 0 Å². The number of benzene rings is 2. The van der Waals surface area contributed by atoms with E-state index in [1.165, 1.54) is 0 Å². The van der Waals surface area contributed by atoms with E-state index in [0.29, 0.717) is 29.7 Å². The zero-order valence-electron chi connectivity index (χ0n) is 19.1. The zero-order valence-corrected chi connectivity index (χ0v) is 19.1. The molecule has 0 spiro atoms. The quantitative estimate of drug-likeness (QED) is 0.505. The number of carbonyl (C=O) groups is 1. The summed E-state index contributed by atoms with van der Waals surface area (Å²) in [5.74, 6) is 1.35. The number of hydrogen-bond acceptors (Lipinski definition) is 6. The highest BCUT2D eigenvalue weighted by Crippen LogP contribution is 2.38. The number of rotatable bonds is 9. The topological polar surface area (TPSA) is 85.8 Å². The molecule has 33 heavy (non-hydrogen) atoms. The van der Waals surface area contributed by atoms with Crippen LogP contribution in [0, 0.1) is 0 Å². The number of nitrogens with zero attached hydrogens (tertiary/aromatic N) is 4. The van der Waals surface area contributed by atoms with Crippen LogP contribution in [0.15, 0.2) is 42.6 Å². The molecule has 0 radical (unpaired) electrons. The number of hydrogen-bond donors (Lipinski definition) is 1. The van der Waals surface area contributed by atoms with Crippen molar-refractivity contribution < 1.29 is 14.3 Å². The van der Waals surface area contributed by atoms with Crippen molar-refractivity contribution >= 4 is 16.8 Å². The number of primary amides is 1. The monoisotopic (exact) mass is 449 g/mol. The van der Waals surface area contributed by atoms with Crippen LogP contribution in [0.5, 0.6) is 17.2 Å². The molecule has 2 N–H and O–H groups in total. The van der Waals surface area contributed by atoms with E-state index < -0.39 is 5.91 Å². The lowest BCUT2D eigenvalue weighted by Crippen LogP contribution is -2.44. The summed E-state index contributed by atoms with van der Waals surface area (Å²) >= 11 is 0. The summed E-state index contributed by atoms with van der Waals surface area (Å²) in [7, 11) is 2.17. The lowest BCUT2D eigenvalue weighted by molar-refractivity contribution is 0.0998. The van der Waals surface area contributed by atoms with Gasteiger partial charge in [0, 0.05) is 44.2 Å². The van der Waals surface area contributed by atoms with Crippen molar-refractivity contribution in [3.05, 3.63) is 48.2 Å². The third-order valence-electron chi connectivity index (χ3n) is 6.39. The minimum absolute atomic E-state index is 0.349. The first-order valence-corrected chi connectivity index (χ1v) is 11.7. The van der Waals surface area contributed by atoms with Crippen LogP contribution in [-0.2, 0) is 0 Å². The molecule has 1 saturated carbocycles. The summed E-state index contributed by atoms with van der Waals surface area (Å²) in [6.45, 7) is 6.27. The minimum atomic E-state index is -0.522. The van der Waals surface area contributed by atoms with E-state index in [-0.39, 0.29) is 0 Å². The second kappa shape index (κ2) is 9.41. The number of aromatic nitrogens is 2. The van der Waals surface area contributed by atoms with Gasteiger partial charge in [-0.15, -0.1) is 0 Å². The van der Waals surface area contributed by atoms with E-state index in [9.17, 15) is 4.79 Å². The maximum Gasteiger partial charge on any atom is 0.252 e. The predicted octanol–water partition coefficient (Wildman–Crippen LogP) is 3.28. The summed E-state index contributed by atoms with van der Waals surface area (Å²) < 4.78 is 14.0. The molecule has 1 aliphatic carbocycles. The molecule has 0 unspecified atom stereocenters. The lowest BCUT2D eigenvalue weighted by atomic mass is 10.1. The van der Waals surface area contributed by atoms with E-state index in [4.69, 9.17) is 15.2 Å². The smallest absolute Gasteiger partial charge is 0.252 e. The van der Waals surface area contributed by atoms with Gasteiger partial charge >= 0.3 is 0 Å². The average molecular weight is 450 g/mol. The highest BCUT2D eigenvalue weighted by atomic mass is 16.5. The SMILES string of the molecule is CN1CCN(CCCOc2ccc(Oc3cc4c(cnn4C4CC4)cc3C(N)=O)cc2)CC1. The Kier molecular flexibility index (Phi) is 6.20. The third kappa shape index (κ3) is 5.12. The average Bonchev–Trinajstić information content (AvgIpc) is 3.58. The summed E-state index contributed by atoms with van der Waals surface area (Å²) in [5.41, 5.74) is 6.92. The predicted molar refractivity (Wildman–Crippen MR) is 127 cm³/mol. The Balaban J connectivity index is 1.20. The Bertz CT molecular complexity index is 1120. The molecule has 174 valence electrons. The summed E-state index contributed by atoms with van der Waals surface area (Å²) in [4.78, 5) is 16.9. The van der Waals surface area contributed by atoms with E-state index in [0.717, 1.165) is 68.6 Å². The molecule has 1 aliphatic heterocycles. The Labute approximate surface area is 193 Å². The van der Waals surface area contributed by atoms with E-state index >= 15 is 0 Å². The Hall–Kier alpha value is -3.10. The molecule has 5 rings (SSSR count). The molecule has 2 heterocycles. The lowest BCUT2D eigenvalue weighted by Gasteiger charge is -2.32. The Morgan fingerprint density at radius 2 is 1.82 bits per heavy atom. The van der Waals surface area contributed by atoms with Crippen molar-refractivity contribution in [2.45, 2.75) is 25.3 Å². The molecule has 2 aliphatic rings. The number of carbonyl (C=O) groups excluding carboxylic acids is 1. The Morgan fingerprint density at radius 1 is 1.09 bits per heavy atom. The molecule has 2 aromatic carbocycles. The molecular formula is C25H31N5O3. The van der Waals surface area contributed by atoms with E-state index in [2.05, 4.69) is 21.9 Å². The fourth-order valence-corrected chi connectivity index (χ4v) is 4.24. The van der Waals surface area contributed by atoms with Gasteiger partial charge in [-0.1, -0.05) is 0 Å². The van der Waals surface area contributed by atoms with E-state index in [1.807, 2.05) is 35.0 Å². The number of likely N-dealkylation sites (N-methyl/N-ethyl adjacent to an activating group) is 1. The maximum absolute atomic E-state index is 12.0. The van der Waals surface area contributed by atoms with Crippen molar-refractivity contribution in [2.24, 2.45) is 5.73 Å². The van der Waals surface area contributed by atoms with Crippen LogP contribution in [0.2, 0.25) is 0 Å². The zero-order chi connectivity index (χ0) is 22.8. The third-order valence-corrected chi connectivity index (χ3v) is 6.39. The van der Waals surface area contributed by atoms with Crippen LogP contribution in [0.4, 0.5) is 0 Å². The van der Waals surface area contributed by atoms with Gasteiger partial charge in [-0.2, -0.15) is 5.10 Å². The van der Waals surface area contributed by atoms with Crippen molar-refractivity contribution in [2.75, 3.05) is 46.4 Å². The number of ether oxygens (including phenoxy) is 2. The van der Waals surface area contributed by atoms with Gasteiger partial charge in [0.2, 0.25) is 0 Å². The fourth-order valence-electron chi connectivity index (χ4n) is 4.24. The van der Waals surface area contributed by atoms with Gasteiger partial charge in [0.15, 0.2) is 0 Å². The van der Waals surface area contributed by atoms with Gasteiger partial charge in [-0.3, -0.25) is 9.48 Å². The number of amides is 1. The van der Waals surface area contributed by atoms with Crippen LogP contribution in [0.1, 0.15) is 35.7 Å². The standard InChI is InChI=1S/C25H31N5O3/c1-28-10-12-29(13-11-28)9-2-14-32-20-5-7-21(8-6-20)33-24-16-23-18(15-22(24)25(26)31)17-27-30(23)19-3-4-19/h5-8,15-17,19H,2-4,9-14H2,1H3,(H2,26,31). The van der Waals surface area contributed by atoms with Crippen LogP contribution in [-0.4, -0.2) is 71.9 Å². The first-order chi connectivity index (χ1) is 16.1. The summed E-state index contributed by atoms with van der Waals surface area (Å²) in [6.07, 6.45) is 5.03. The van der Waals surface area contributed by atoms with Gasteiger partial charge in [0.05, 0.1) is 29.9 Å². The van der Waals surface area contributed by atoms with Gasteiger partial charge in [-0.25, -0.2) is 0 Å². The number of fused-ring (bicyclic) bond motifs is 1. The molecular weight excluding hydrogens is 418 g/mol. The molecule has 8 heteroatoms. The number of nitrogens with two attached hydrogens (primary N) is 1. The summed E-state index contributed by atoms with van der Waals surface area (Å²) in [5, 5.41) is 5.37. The van der Waals surface area contributed by atoms with Crippen molar-refractivity contribution in [1.29, 1.82) is 0 Å². The van der Waals surface area contributed by atoms with Crippen LogP contribution < -0.4 is 15.2 Å². The largest absolute Gasteiger partial charge is 0.494 e. The van der Waals surface area contributed by atoms with Gasteiger partial charge in [0.25, 0.3) is 5.91 Å². The number of piperazine rings is 1. The Morgan fingerprint density at radius 3 is 2.52 bits per heavy atom. The molecule has 2 fully saturated rings. The summed E-state index contributed by atoms with van der Waals surface area (Å²) in [6, 6.07) is 11.5. The highest BCUT2D eigenvalue weighted by Gasteiger charge is 2.26. The molecule has 0 bridgehead atoms. The fraction of sp³-hybridized carbons (Fsp3) is 0.440. The maximum atomic E-state index is 12.0. The molecule has 1 saturated heterocycles. The second-order valence-corrected chi connectivity index (χ2v) is 9.01.